The predicted octanol–water partition coefficient (Wildman–Crippen LogP) is 4.00. The second-order valence-electron chi connectivity index (χ2n) is 11.3. The van der Waals surface area contributed by atoms with Gasteiger partial charge in [0.05, 0.1) is 13.2 Å². The van der Waals surface area contributed by atoms with Crippen molar-refractivity contribution in [2.75, 3.05) is 18.4 Å². The van der Waals surface area contributed by atoms with E-state index in [-0.39, 0.29) is 56.1 Å². The van der Waals surface area contributed by atoms with Crippen LogP contribution < -0.4 is 32.5 Å². The molecule has 6 amide bonds. The first-order chi connectivity index (χ1) is 21.9. The van der Waals surface area contributed by atoms with Crippen LogP contribution in [0.2, 0.25) is 0 Å². The van der Waals surface area contributed by atoms with E-state index >= 15 is 0 Å². The summed E-state index contributed by atoms with van der Waals surface area (Å²) in [7, 11) is 0. The molecule has 0 saturated carbocycles. The monoisotopic (exact) mass is 648 g/mol. The molecule has 0 heterocycles. The number of rotatable bonds is 22. The topological polar surface area (TPSA) is 198 Å². The number of primary amides is 1. The molecular weight excluding hydrogens is 592 g/mol. The Kier molecular flexibility index (Phi) is 24.0. The Hall–Kier alpha value is -4.00. The van der Waals surface area contributed by atoms with E-state index in [2.05, 4.69) is 47.5 Å². The molecule has 0 fully saturated rings. The average molecular weight is 649 g/mol. The van der Waals surface area contributed by atoms with E-state index in [0.29, 0.717) is 31.4 Å². The number of ketones is 1. The minimum atomic E-state index is -0.946. The molecule has 1 unspecified atom stereocenters. The highest BCUT2D eigenvalue weighted by atomic mass is 16.6. The highest BCUT2D eigenvalue weighted by molar-refractivity contribution is 5.97. The number of Topliss-reactive ketones (excluding diaryl/α,β-unsaturated/α-hetero) is 1. The van der Waals surface area contributed by atoms with E-state index in [9.17, 15) is 28.8 Å². The van der Waals surface area contributed by atoms with Crippen LogP contribution in [0, 0.1) is 5.92 Å². The summed E-state index contributed by atoms with van der Waals surface area (Å²) in [5.41, 5.74) is 8.77. The lowest BCUT2D eigenvalue weighted by Crippen LogP contribution is -2.47. The van der Waals surface area contributed by atoms with Gasteiger partial charge in [-0.1, -0.05) is 72.4 Å². The van der Waals surface area contributed by atoms with Crippen molar-refractivity contribution in [3.8, 4) is 0 Å². The molecule has 0 aliphatic carbocycles. The molecule has 1 aromatic rings. The number of carbonyl (C=O) groups is 6. The molecule has 1 atom stereocenters. The summed E-state index contributed by atoms with van der Waals surface area (Å²) in [5.74, 6) is -1.60. The van der Waals surface area contributed by atoms with Crippen LogP contribution >= 0.6 is 0 Å². The van der Waals surface area contributed by atoms with Crippen LogP contribution in [0.25, 0.3) is 0 Å². The number of hydrogen-bond acceptors (Lipinski definition) is 7. The Balaban J connectivity index is 0.00000647. The lowest BCUT2D eigenvalue weighted by Gasteiger charge is -2.19. The molecule has 0 saturated heterocycles. The SMILES string of the molecule is CCC.CCCCCCC(=O)NOCc1ccc(NC(=O)C(CCCNC(N)=O)NC(=O)CNC(=O)CCCC(=O)C(C)C)cc1. The van der Waals surface area contributed by atoms with E-state index < -0.39 is 23.9 Å². The van der Waals surface area contributed by atoms with Crippen molar-refractivity contribution < 1.29 is 33.6 Å². The maximum absolute atomic E-state index is 13.0. The molecule has 1 rings (SSSR count). The van der Waals surface area contributed by atoms with Gasteiger partial charge in [-0.3, -0.25) is 28.8 Å². The van der Waals surface area contributed by atoms with E-state index in [1.54, 1.807) is 38.1 Å². The second-order valence-corrected chi connectivity index (χ2v) is 11.3. The van der Waals surface area contributed by atoms with Gasteiger partial charge in [0.15, 0.2) is 0 Å². The number of urea groups is 1. The summed E-state index contributed by atoms with van der Waals surface area (Å²) >= 11 is 0. The minimum Gasteiger partial charge on any atom is -0.352 e. The van der Waals surface area contributed by atoms with Crippen molar-refractivity contribution in [1.82, 2.24) is 21.4 Å². The fourth-order valence-electron chi connectivity index (χ4n) is 3.89. The number of nitrogens with two attached hydrogens (primary N) is 1. The number of hydroxylamine groups is 1. The summed E-state index contributed by atoms with van der Waals surface area (Å²) in [6.07, 6.45) is 7.03. The normalized spacial score (nSPS) is 11.0. The van der Waals surface area contributed by atoms with Gasteiger partial charge in [-0.25, -0.2) is 10.3 Å². The molecule has 13 heteroatoms. The molecule has 0 spiro atoms. The number of hydrogen-bond donors (Lipinski definition) is 6. The van der Waals surface area contributed by atoms with Crippen molar-refractivity contribution in [3.63, 3.8) is 0 Å². The van der Waals surface area contributed by atoms with Gasteiger partial charge in [0, 0.05) is 37.4 Å². The number of benzene rings is 1. The Morgan fingerprint density at radius 2 is 1.43 bits per heavy atom. The van der Waals surface area contributed by atoms with Gasteiger partial charge in [0.1, 0.15) is 11.8 Å². The van der Waals surface area contributed by atoms with Crippen molar-refractivity contribution in [3.05, 3.63) is 29.8 Å². The van der Waals surface area contributed by atoms with Gasteiger partial charge in [-0.05, 0) is 43.4 Å². The largest absolute Gasteiger partial charge is 0.352 e. The predicted molar refractivity (Wildman–Crippen MR) is 178 cm³/mol. The first-order valence-electron chi connectivity index (χ1n) is 16.4. The van der Waals surface area contributed by atoms with Crippen LogP contribution in [-0.2, 0) is 35.4 Å². The standard InChI is InChI=1S/C30H48N6O7.C3H8/c1-4-5-6-7-12-27(39)36-43-20-22-14-16-23(17-15-22)34-29(41)24(10-9-18-32-30(31)42)35-28(40)19-33-26(38)13-8-11-25(37)21(2)3;1-3-2/h14-17,21,24H,4-13,18-20H2,1-3H3,(H,33,38)(H,34,41)(H,35,40)(H,36,39)(H3,31,32,42);3H2,1-2H3. The average Bonchev–Trinajstić information content (AvgIpc) is 3.00. The molecular formula is C33H56N6O7. The number of amides is 6. The summed E-state index contributed by atoms with van der Waals surface area (Å²) in [5, 5.41) is 10.3. The zero-order valence-electron chi connectivity index (χ0n) is 28.3. The first-order valence-corrected chi connectivity index (χ1v) is 16.4. The zero-order valence-corrected chi connectivity index (χ0v) is 28.3. The van der Waals surface area contributed by atoms with Crippen molar-refractivity contribution in [2.45, 2.75) is 118 Å². The van der Waals surface area contributed by atoms with Crippen LogP contribution in [0.4, 0.5) is 10.5 Å². The van der Waals surface area contributed by atoms with E-state index in [0.717, 1.165) is 31.2 Å². The highest BCUT2D eigenvalue weighted by Crippen LogP contribution is 2.12. The van der Waals surface area contributed by atoms with Crippen molar-refractivity contribution in [2.24, 2.45) is 11.7 Å². The molecule has 0 aromatic heterocycles. The number of nitrogens with one attached hydrogen (secondary N) is 5. The second kappa shape index (κ2) is 26.2. The maximum Gasteiger partial charge on any atom is 0.312 e. The van der Waals surface area contributed by atoms with E-state index in [1.807, 2.05) is 0 Å². The molecule has 0 aliphatic heterocycles. The summed E-state index contributed by atoms with van der Waals surface area (Å²) in [6.45, 7) is 9.99. The first kappa shape index (κ1) is 42.0. The zero-order chi connectivity index (χ0) is 34.7. The summed E-state index contributed by atoms with van der Waals surface area (Å²) < 4.78 is 0. The van der Waals surface area contributed by atoms with Gasteiger partial charge in [0.25, 0.3) is 0 Å². The Bertz CT molecular complexity index is 1060. The molecule has 7 N–H and O–H groups in total. The van der Waals surface area contributed by atoms with E-state index in [4.69, 9.17) is 10.6 Å². The molecule has 0 aliphatic rings. The number of anilines is 1. The maximum atomic E-state index is 13.0. The van der Waals surface area contributed by atoms with Crippen molar-refractivity contribution in [1.29, 1.82) is 0 Å². The van der Waals surface area contributed by atoms with Gasteiger partial charge < -0.3 is 27.0 Å². The smallest absolute Gasteiger partial charge is 0.312 e. The van der Waals surface area contributed by atoms with Crippen LogP contribution in [0.5, 0.6) is 0 Å². The van der Waals surface area contributed by atoms with Crippen LogP contribution in [-0.4, -0.2) is 54.6 Å². The number of unbranched alkanes of at least 4 members (excludes halogenated alkanes) is 3. The Morgan fingerprint density at radius 1 is 0.783 bits per heavy atom. The quantitative estimate of drug-likeness (QED) is 0.0806. The van der Waals surface area contributed by atoms with E-state index in [1.165, 1.54) is 6.42 Å². The Morgan fingerprint density at radius 3 is 2.04 bits per heavy atom. The van der Waals surface area contributed by atoms with Gasteiger partial charge in [-0.2, -0.15) is 0 Å². The molecule has 13 nitrogen and oxygen atoms in total. The van der Waals surface area contributed by atoms with Crippen molar-refractivity contribution >= 4 is 41.1 Å². The van der Waals surface area contributed by atoms with Crippen LogP contribution in [0.1, 0.15) is 111 Å². The molecule has 0 bridgehead atoms. The van der Waals surface area contributed by atoms with Gasteiger partial charge in [0.2, 0.25) is 23.6 Å². The third-order valence-electron chi connectivity index (χ3n) is 6.44. The molecule has 0 radical (unpaired) electrons. The van der Waals surface area contributed by atoms with Gasteiger partial charge in [-0.15, -0.1) is 0 Å². The summed E-state index contributed by atoms with van der Waals surface area (Å²) in [4.78, 5) is 77.3. The third kappa shape index (κ3) is 22.5. The molecule has 1 aromatic carbocycles. The highest BCUT2D eigenvalue weighted by Gasteiger charge is 2.21. The minimum absolute atomic E-state index is 0.0743. The van der Waals surface area contributed by atoms with Gasteiger partial charge >= 0.3 is 6.03 Å². The molecule has 46 heavy (non-hydrogen) atoms. The number of carbonyl (C=O) groups excluding carboxylic acids is 6. The molecule has 260 valence electrons. The fourth-order valence-corrected chi connectivity index (χ4v) is 3.89. The lowest BCUT2D eigenvalue weighted by atomic mass is 10.0. The Labute approximate surface area is 273 Å². The summed E-state index contributed by atoms with van der Waals surface area (Å²) in [6, 6.07) is 5.16. The fraction of sp³-hybridized carbons (Fsp3) is 0.636. The lowest BCUT2D eigenvalue weighted by molar-refractivity contribution is -0.134. The van der Waals surface area contributed by atoms with Crippen LogP contribution in [0.3, 0.4) is 0 Å². The third-order valence-corrected chi connectivity index (χ3v) is 6.44. The van der Waals surface area contributed by atoms with Crippen LogP contribution in [0.15, 0.2) is 24.3 Å².